The molecule has 3 nitrogen and oxygen atoms in total. The van der Waals surface area contributed by atoms with E-state index in [1.54, 1.807) is 0 Å². The summed E-state index contributed by atoms with van der Waals surface area (Å²) in [5, 5.41) is 13.3. The van der Waals surface area contributed by atoms with E-state index in [4.69, 9.17) is 4.74 Å². The lowest BCUT2D eigenvalue weighted by molar-refractivity contribution is -0.00610. The quantitative estimate of drug-likeness (QED) is 0.794. The van der Waals surface area contributed by atoms with Gasteiger partial charge in [0, 0.05) is 12.6 Å². The van der Waals surface area contributed by atoms with E-state index in [0.717, 1.165) is 12.8 Å². The maximum atomic E-state index is 9.92. The van der Waals surface area contributed by atoms with Crippen LogP contribution in [0, 0.1) is 0 Å². The lowest BCUT2D eigenvalue weighted by Gasteiger charge is -2.19. The van der Waals surface area contributed by atoms with Crippen LogP contribution >= 0.6 is 0 Å². The van der Waals surface area contributed by atoms with Crippen molar-refractivity contribution < 1.29 is 9.84 Å². The Labute approximate surface area is 116 Å². The topological polar surface area (TPSA) is 41.5 Å². The minimum Gasteiger partial charge on any atom is -0.389 e. The number of aliphatic hydroxyl groups excluding tert-OH is 1. The molecule has 2 N–H and O–H groups in total. The Hall–Kier alpha value is -0.900. The van der Waals surface area contributed by atoms with Gasteiger partial charge in [-0.05, 0) is 25.3 Å². The minimum absolute atomic E-state index is 0.252. The van der Waals surface area contributed by atoms with Crippen LogP contribution in [-0.4, -0.2) is 30.5 Å². The fourth-order valence-electron chi connectivity index (χ4n) is 2.53. The number of benzene rings is 1. The first-order chi connectivity index (χ1) is 9.25. The van der Waals surface area contributed by atoms with E-state index in [9.17, 15) is 5.11 Å². The number of rotatable bonds is 7. The molecule has 0 radical (unpaired) electrons. The first kappa shape index (κ1) is 14.5. The second-order valence-electron chi connectivity index (χ2n) is 5.43. The van der Waals surface area contributed by atoms with Crippen LogP contribution in [0.25, 0.3) is 0 Å². The van der Waals surface area contributed by atoms with Gasteiger partial charge < -0.3 is 15.2 Å². The van der Waals surface area contributed by atoms with E-state index in [0.29, 0.717) is 19.3 Å². The summed E-state index contributed by atoms with van der Waals surface area (Å²) >= 11 is 0. The van der Waals surface area contributed by atoms with Gasteiger partial charge in [0.15, 0.2) is 0 Å². The van der Waals surface area contributed by atoms with Gasteiger partial charge in [-0.15, -0.1) is 0 Å². The average Bonchev–Trinajstić information content (AvgIpc) is 2.96. The smallest absolute Gasteiger partial charge is 0.0898 e. The van der Waals surface area contributed by atoms with E-state index in [1.165, 1.54) is 18.4 Å². The van der Waals surface area contributed by atoms with Crippen molar-refractivity contribution in [2.45, 2.75) is 50.9 Å². The molecule has 0 heterocycles. The maximum absolute atomic E-state index is 9.92. The summed E-state index contributed by atoms with van der Waals surface area (Å²) in [5.41, 5.74) is 1.24. The van der Waals surface area contributed by atoms with Gasteiger partial charge >= 0.3 is 0 Å². The van der Waals surface area contributed by atoms with Crippen LogP contribution in [0.3, 0.4) is 0 Å². The lowest BCUT2D eigenvalue weighted by atomic mass is 10.1. The highest BCUT2D eigenvalue weighted by Gasteiger charge is 2.17. The summed E-state index contributed by atoms with van der Waals surface area (Å²) in [4.78, 5) is 0. The molecular weight excluding hydrogens is 238 g/mol. The molecule has 106 valence electrons. The van der Waals surface area contributed by atoms with E-state index < -0.39 is 6.10 Å². The monoisotopic (exact) mass is 263 g/mol. The van der Waals surface area contributed by atoms with Crippen molar-refractivity contribution in [2.75, 3.05) is 13.2 Å². The summed E-state index contributed by atoms with van der Waals surface area (Å²) in [6.07, 6.45) is 4.79. The molecule has 1 fully saturated rings. The average molecular weight is 263 g/mol. The molecule has 2 atom stereocenters. The Morgan fingerprint density at radius 2 is 1.95 bits per heavy atom. The molecule has 0 aromatic heterocycles. The number of ether oxygens (including phenoxy) is 1. The standard InChI is InChI=1S/C16H25NO2/c1-13(14-7-3-2-4-8-14)17-11-15(18)12-19-16-9-5-6-10-16/h2-4,7-8,13,15-18H,5-6,9-12H2,1H3/t13-,15?/m0/s1. The Balaban J connectivity index is 1.64. The Morgan fingerprint density at radius 1 is 1.26 bits per heavy atom. The van der Waals surface area contributed by atoms with Gasteiger partial charge in [-0.2, -0.15) is 0 Å². The molecule has 1 unspecified atom stereocenters. The highest BCUT2D eigenvalue weighted by Crippen LogP contribution is 2.20. The summed E-state index contributed by atoms with van der Waals surface area (Å²) in [5.74, 6) is 0. The van der Waals surface area contributed by atoms with Crippen molar-refractivity contribution in [3.63, 3.8) is 0 Å². The fraction of sp³-hybridized carbons (Fsp3) is 0.625. The van der Waals surface area contributed by atoms with E-state index in [-0.39, 0.29) is 6.04 Å². The van der Waals surface area contributed by atoms with Crippen molar-refractivity contribution in [3.05, 3.63) is 35.9 Å². The molecule has 1 aliphatic rings. The van der Waals surface area contributed by atoms with Gasteiger partial charge in [-0.1, -0.05) is 43.2 Å². The molecule has 3 heteroatoms. The number of nitrogens with one attached hydrogen (secondary N) is 1. The largest absolute Gasteiger partial charge is 0.389 e. The van der Waals surface area contributed by atoms with Crippen molar-refractivity contribution in [1.29, 1.82) is 0 Å². The maximum Gasteiger partial charge on any atom is 0.0898 e. The molecule has 0 spiro atoms. The van der Waals surface area contributed by atoms with Crippen LogP contribution in [0.15, 0.2) is 30.3 Å². The van der Waals surface area contributed by atoms with Gasteiger partial charge in [-0.3, -0.25) is 0 Å². The van der Waals surface area contributed by atoms with E-state index in [2.05, 4.69) is 24.4 Å². The fourth-order valence-corrected chi connectivity index (χ4v) is 2.53. The zero-order chi connectivity index (χ0) is 13.5. The predicted octanol–water partition coefficient (Wildman–Crippen LogP) is 2.66. The Kier molecular flexibility index (Phi) is 5.83. The molecule has 0 bridgehead atoms. The first-order valence-corrected chi connectivity index (χ1v) is 7.33. The van der Waals surface area contributed by atoms with Crippen molar-refractivity contribution in [3.8, 4) is 0 Å². The number of aliphatic hydroxyl groups is 1. The van der Waals surface area contributed by atoms with E-state index >= 15 is 0 Å². The molecule has 1 aliphatic carbocycles. The zero-order valence-electron chi connectivity index (χ0n) is 11.7. The van der Waals surface area contributed by atoms with Crippen LogP contribution in [0.5, 0.6) is 0 Å². The highest BCUT2D eigenvalue weighted by molar-refractivity contribution is 5.17. The molecule has 0 aliphatic heterocycles. The molecule has 2 rings (SSSR count). The van der Waals surface area contributed by atoms with Crippen LogP contribution in [0.4, 0.5) is 0 Å². The molecule has 1 aromatic carbocycles. The normalized spacial score (nSPS) is 19.5. The molecule has 0 saturated heterocycles. The summed E-state index contributed by atoms with van der Waals surface area (Å²) in [6.45, 7) is 3.13. The number of hydrogen-bond donors (Lipinski definition) is 2. The zero-order valence-corrected chi connectivity index (χ0v) is 11.7. The highest BCUT2D eigenvalue weighted by atomic mass is 16.5. The SMILES string of the molecule is C[C@H](NCC(O)COC1CCCC1)c1ccccc1. The summed E-state index contributed by atoms with van der Waals surface area (Å²) < 4.78 is 5.71. The second-order valence-corrected chi connectivity index (χ2v) is 5.43. The van der Waals surface area contributed by atoms with Crippen LogP contribution in [0.2, 0.25) is 0 Å². The molecular formula is C16H25NO2. The van der Waals surface area contributed by atoms with Crippen molar-refractivity contribution in [1.82, 2.24) is 5.32 Å². The van der Waals surface area contributed by atoms with Crippen molar-refractivity contribution >= 4 is 0 Å². The second kappa shape index (κ2) is 7.63. The molecule has 1 saturated carbocycles. The Bertz CT molecular complexity index is 349. The van der Waals surface area contributed by atoms with Gasteiger partial charge in [0.05, 0.1) is 18.8 Å². The van der Waals surface area contributed by atoms with Crippen LogP contribution in [-0.2, 0) is 4.74 Å². The summed E-state index contributed by atoms with van der Waals surface area (Å²) in [7, 11) is 0. The molecule has 1 aromatic rings. The van der Waals surface area contributed by atoms with Gasteiger partial charge in [-0.25, -0.2) is 0 Å². The molecule has 19 heavy (non-hydrogen) atoms. The first-order valence-electron chi connectivity index (χ1n) is 7.33. The third kappa shape index (κ3) is 4.94. The van der Waals surface area contributed by atoms with E-state index in [1.807, 2.05) is 18.2 Å². The Morgan fingerprint density at radius 3 is 2.63 bits per heavy atom. The summed E-state index contributed by atoms with van der Waals surface area (Å²) in [6, 6.07) is 10.5. The predicted molar refractivity (Wildman–Crippen MR) is 77.1 cm³/mol. The van der Waals surface area contributed by atoms with Gasteiger partial charge in [0.2, 0.25) is 0 Å². The minimum atomic E-state index is -0.424. The third-order valence-corrected chi connectivity index (χ3v) is 3.79. The van der Waals surface area contributed by atoms with Crippen molar-refractivity contribution in [2.24, 2.45) is 0 Å². The van der Waals surface area contributed by atoms with Gasteiger partial charge in [0.1, 0.15) is 0 Å². The lowest BCUT2D eigenvalue weighted by Crippen LogP contribution is -2.33. The third-order valence-electron chi connectivity index (χ3n) is 3.79. The molecule has 0 amide bonds. The number of hydrogen-bond acceptors (Lipinski definition) is 3. The van der Waals surface area contributed by atoms with Crippen LogP contribution < -0.4 is 5.32 Å². The van der Waals surface area contributed by atoms with Gasteiger partial charge in [0.25, 0.3) is 0 Å². The van der Waals surface area contributed by atoms with Crippen LogP contribution in [0.1, 0.15) is 44.2 Å².